The van der Waals surface area contributed by atoms with Gasteiger partial charge in [0.15, 0.2) is 22.7 Å². The molecule has 10 rings (SSSR count). The number of hydrogen-bond donors (Lipinski definition) is 2. The monoisotopic (exact) mass is 1130 g/mol. The number of piperazine rings is 2. The second-order valence-corrected chi connectivity index (χ2v) is 20.8. The summed E-state index contributed by atoms with van der Waals surface area (Å²) >= 11 is 0. The SMILES string of the molecule is COc1ccc(-c2nc3c(C(=O)N4CCN([C@@H](c5ccccc5)C(C)O)C[C@H]4C)cnn3c(C(F)(F)F)c2C)cc1.COc1ccc(-c2nc3c(C(=O)N4CCN([C@H](c5ccccc5)C(C)O)C[C@H]4C)cnn3c(C(F)(F)F)c2C)cc1. The molecule has 2 fully saturated rings. The number of hydrogen-bond acceptors (Lipinski definition) is 12. The second kappa shape index (κ2) is 23.9. The predicted molar refractivity (Wildman–Crippen MR) is 295 cm³/mol. The second-order valence-electron chi connectivity index (χ2n) is 20.8. The van der Waals surface area contributed by atoms with Crippen LogP contribution < -0.4 is 9.47 Å². The number of aliphatic hydroxyl groups is 2. The van der Waals surface area contributed by atoms with Crippen LogP contribution in [0.25, 0.3) is 33.8 Å². The van der Waals surface area contributed by atoms with Gasteiger partial charge >= 0.3 is 12.4 Å². The minimum Gasteiger partial charge on any atom is -0.497 e. The van der Waals surface area contributed by atoms with E-state index in [1.807, 2.05) is 74.5 Å². The molecule has 2 amide bonds. The van der Waals surface area contributed by atoms with E-state index < -0.39 is 47.8 Å². The molecule has 432 valence electrons. The first-order valence-electron chi connectivity index (χ1n) is 26.8. The van der Waals surface area contributed by atoms with Crippen LogP contribution in [0.3, 0.4) is 0 Å². The molecular formula is C60H64F6N10O6. The van der Waals surface area contributed by atoms with Crippen LogP contribution in [0.4, 0.5) is 26.3 Å². The zero-order chi connectivity index (χ0) is 58.9. The van der Waals surface area contributed by atoms with Gasteiger partial charge in [-0.2, -0.15) is 36.5 Å². The molecule has 6 atom stereocenters. The van der Waals surface area contributed by atoms with Gasteiger partial charge in [0.05, 0.1) is 62.3 Å². The van der Waals surface area contributed by atoms with Crippen LogP contribution in [0, 0.1) is 13.8 Å². The molecule has 0 saturated carbocycles. The van der Waals surface area contributed by atoms with Crippen molar-refractivity contribution in [3.05, 3.63) is 166 Å². The Morgan fingerprint density at radius 3 is 1.18 bits per heavy atom. The predicted octanol–water partition coefficient (Wildman–Crippen LogP) is 10.0. The van der Waals surface area contributed by atoms with Crippen molar-refractivity contribution in [2.24, 2.45) is 0 Å². The molecule has 82 heavy (non-hydrogen) atoms. The number of nitrogens with zero attached hydrogens (tertiary/aromatic N) is 10. The molecule has 6 heterocycles. The highest BCUT2D eigenvalue weighted by Gasteiger charge is 2.42. The first-order chi connectivity index (χ1) is 39.0. The molecule has 0 radical (unpaired) electrons. The van der Waals surface area contributed by atoms with Gasteiger partial charge in [0.1, 0.15) is 22.6 Å². The zero-order valence-electron chi connectivity index (χ0n) is 46.5. The van der Waals surface area contributed by atoms with Crippen molar-refractivity contribution >= 4 is 23.1 Å². The topological polar surface area (TPSA) is 166 Å². The highest BCUT2D eigenvalue weighted by molar-refractivity contribution is 6.01. The maximum atomic E-state index is 14.3. The Kier molecular flexibility index (Phi) is 17.1. The number of halogens is 6. The number of methoxy groups -OCH3 is 2. The van der Waals surface area contributed by atoms with E-state index in [0.29, 0.717) is 61.9 Å². The maximum Gasteiger partial charge on any atom is 0.433 e. The molecule has 0 bridgehead atoms. The largest absolute Gasteiger partial charge is 0.497 e. The number of fused-ring (bicyclic) bond motifs is 2. The lowest BCUT2D eigenvalue weighted by Crippen LogP contribution is -2.55. The van der Waals surface area contributed by atoms with E-state index in [-0.39, 0.29) is 69.1 Å². The highest BCUT2D eigenvalue weighted by atomic mass is 19.4. The Labute approximate surface area is 470 Å². The van der Waals surface area contributed by atoms with Gasteiger partial charge in [0.2, 0.25) is 0 Å². The smallest absolute Gasteiger partial charge is 0.433 e. The highest BCUT2D eigenvalue weighted by Crippen LogP contribution is 2.40. The van der Waals surface area contributed by atoms with E-state index in [4.69, 9.17) is 9.47 Å². The van der Waals surface area contributed by atoms with Crippen molar-refractivity contribution in [1.29, 1.82) is 0 Å². The van der Waals surface area contributed by atoms with E-state index in [9.17, 15) is 46.1 Å². The quantitative estimate of drug-likeness (QED) is 0.111. The molecule has 4 aromatic heterocycles. The Hall–Kier alpha value is -7.92. The normalized spacial score (nSPS) is 18.0. The lowest BCUT2D eigenvalue weighted by Gasteiger charge is -2.44. The molecule has 4 aromatic carbocycles. The van der Waals surface area contributed by atoms with Crippen LogP contribution in [0.1, 0.15) is 94.1 Å². The van der Waals surface area contributed by atoms with Crippen LogP contribution in [-0.4, -0.2) is 149 Å². The summed E-state index contributed by atoms with van der Waals surface area (Å²) in [6.07, 6.45) is -8.42. The van der Waals surface area contributed by atoms with E-state index in [2.05, 4.69) is 30.0 Å². The number of amides is 2. The summed E-state index contributed by atoms with van der Waals surface area (Å²) in [4.78, 5) is 44.3. The molecule has 8 aromatic rings. The first kappa shape index (κ1) is 58.7. The molecule has 2 aliphatic heterocycles. The zero-order valence-corrected chi connectivity index (χ0v) is 46.5. The third-order valence-corrected chi connectivity index (χ3v) is 15.3. The van der Waals surface area contributed by atoms with Crippen molar-refractivity contribution in [2.75, 3.05) is 53.5 Å². The molecule has 22 heteroatoms. The summed E-state index contributed by atoms with van der Waals surface area (Å²) in [6.45, 7) is 12.6. The summed E-state index contributed by atoms with van der Waals surface area (Å²) in [7, 11) is 3.01. The molecule has 0 aliphatic carbocycles. The average Bonchev–Trinajstić information content (AvgIpc) is 4.24. The van der Waals surface area contributed by atoms with Gasteiger partial charge in [0.25, 0.3) is 11.8 Å². The lowest BCUT2D eigenvalue weighted by molar-refractivity contribution is -0.144. The Morgan fingerprint density at radius 1 is 0.549 bits per heavy atom. The number of carbonyl (C=O) groups excluding carboxylic acids is 2. The van der Waals surface area contributed by atoms with Crippen molar-refractivity contribution in [2.45, 2.75) is 90.3 Å². The average molecular weight is 1140 g/mol. The number of aliphatic hydroxyl groups excluding tert-OH is 2. The number of alkyl halides is 6. The van der Waals surface area contributed by atoms with Crippen molar-refractivity contribution in [3.8, 4) is 34.0 Å². The summed E-state index contributed by atoms with van der Waals surface area (Å²) in [5.41, 5.74) is 0.649. The van der Waals surface area contributed by atoms with E-state index in [0.717, 1.165) is 20.2 Å². The Balaban J connectivity index is 0.000000198. The van der Waals surface area contributed by atoms with Gasteiger partial charge in [-0.25, -0.2) is 19.0 Å². The molecule has 2 aliphatic rings. The van der Waals surface area contributed by atoms with Gasteiger partial charge < -0.3 is 29.5 Å². The van der Waals surface area contributed by atoms with Gasteiger partial charge in [-0.05, 0) is 101 Å². The number of rotatable bonds is 12. The summed E-state index contributed by atoms with van der Waals surface area (Å²) in [5, 5.41) is 29.1. The summed E-state index contributed by atoms with van der Waals surface area (Å²) < 4.78 is 97.7. The van der Waals surface area contributed by atoms with Crippen LogP contribution in [0.2, 0.25) is 0 Å². The van der Waals surface area contributed by atoms with Crippen molar-refractivity contribution in [3.63, 3.8) is 0 Å². The van der Waals surface area contributed by atoms with E-state index >= 15 is 0 Å². The van der Waals surface area contributed by atoms with Crippen LogP contribution >= 0.6 is 0 Å². The van der Waals surface area contributed by atoms with Crippen LogP contribution in [0.5, 0.6) is 11.5 Å². The summed E-state index contributed by atoms with van der Waals surface area (Å²) in [6, 6.07) is 31.4. The third kappa shape index (κ3) is 11.7. The van der Waals surface area contributed by atoms with Gasteiger partial charge in [-0.1, -0.05) is 60.7 Å². The Bertz CT molecular complexity index is 3310. The fourth-order valence-electron chi connectivity index (χ4n) is 11.5. The summed E-state index contributed by atoms with van der Waals surface area (Å²) in [5.74, 6) is 0.236. The van der Waals surface area contributed by atoms with E-state index in [1.165, 1.54) is 40.5 Å². The minimum absolute atomic E-state index is 0.000646. The van der Waals surface area contributed by atoms with Crippen molar-refractivity contribution in [1.82, 2.24) is 48.8 Å². The maximum absolute atomic E-state index is 14.3. The molecule has 2 N–H and O–H groups in total. The number of benzene rings is 4. The fraction of sp³-hybridized carbons (Fsp3) is 0.367. The molecule has 0 spiro atoms. The van der Waals surface area contributed by atoms with Gasteiger partial charge in [0, 0.05) is 73.6 Å². The third-order valence-electron chi connectivity index (χ3n) is 15.3. The molecule has 2 unspecified atom stereocenters. The Morgan fingerprint density at radius 2 is 0.890 bits per heavy atom. The van der Waals surface area contributed by atoms with Gasteiger partial charge in [-0.3, -0.25) is 19.4 Å². The number of carbonyl (C=O) groups is 2. The lowest BCUT2D eigenvalue weighted by atomic mass is 9.98. The number of ether oxygens (including phenoxy) is 2. The van der Waals surface area contributed by atoms with Crippen LogP contribution in [-0.2, 0) is 12.4 Å². The molecule has 2 saturated heterocycles. The number of aromatic nitrogens is 6. The molecule has 16 nitrogen and oxygen atoms in total. The van der Waals surface area contributed by atoms with E-state index in [1.54, 1.807) is 72.2 Å². The van der Waals surface area contributed by atoms with Crippen LogP contribution in [0.15, 0.2) is 122 Å². The van der Waals surface area contributed by atoms with Gasteiger partial charge in [-0.15, -0.1) is 0 Å². The van der Waals surface area contributed by atoms with Crippen molar-refractivity contribution < 1.29 is 55.6 Å². The first-order valence-corrected chi connectivity index (χ1v) is 26.8. The minimum atomic E-state index is -4.73. The standard InChI is InChI=1S/2C30H32F3N5O3/c2*1-18-17-36(26(20(3)39)22-8-6-5-7-9-22)14-15-37(18)29(40)24-16-34-38-27(30(31,32)33)19(2)25(35-28(24)38)21-10-12-23(41-4)13-11-21/h2*5-13,16,18,20,26,39H,14-15,17H2,1-4H3/t18-,20?,26+;18-,20?,26-/m11/s1. The fourth-order valence-corrected chi connectivity index (χ4v) is 11.5. The molecular weight excluding hydrogens is 1070 g/mol.